The lowest BCUT2D eigenvalue weighted by Gasteiger charge is -2.20. The number of nitrogens with zero attached hydrogens (tertiary/aromatic N) is 1. The summed E-state index contributed by atoms with van der Waals surface area (Å²) < 4.78 is 5.73. The van der Waals surface area contributed by atoms with Crippen molar-refractivity contribution in [2.24, 2.45) is 0 Å². The van der Waals surface area contributed by atoms with Gasteiger partial charge in [0, 0.05) is 0 Å². The van der Waals surface area contributed by atoms with Crippen molar-refractivity contribution in [3.8, 4) is 0 Å². The Balaban J connectivity index is 2.83. The van der Waals surface area contributed by atoms with Gasteiger partial charge >= 0.3 is 6.09 Å². The molecule has 0 saturated carbocycles. The Morgan fingerprint density at radius 3 is 2.59 bits per heavy atom. The zero-order chi connectivity index (χ0) is 13.2. The molecule has 0 atom stereocenters. The zero-order valence-electron chi connectivity index (χ0n) is 9.47. The molecule has 0 spiro atoms. The van der Waals surface area contributed by atoms with Gasteiger partial charge in [-0.05, 0) is 43.4 Å². The Kier molecular flexibility index (Phi) is 4.86. The van der Waals surface area contributed by atoms with Crippen molar-refractivity contribution in [1.29, 1.82) is 0 Å². The third-order valence-corrected chi connectivity index (χ3v) is 3.74. The molecule has 4 nitrogen and oxygen atoms in total. The topological polar surface area (TPSA) is 51.2 Å². The number of pyridine rings is 1. The van der Waals surface area contributed by atoms with Crippen LogP contribution >= 0.6 is 45.8 Å². The van der Waals surface area contributed by atoms with Gasteiger partial charge < -0.3 is 4.74 Å². The molecule has 94 valence electrons. The third-order valence-electron chi connectivity index (χ3n) is 1.55. The van der Waals surface area contributed by atoms with E-state index in [1.165, 1.54) is 6.20 Å². The van der Waals surface area contributed by atoms with E-state index >= 15 is 0 Å². The summed E-state index contributed by atoms with van der Waals surface area (Å²) >= 11 is 13.6. The summed E-state index contributed by atoms with van der Waals surface area (Å²) in [4.78, 5) is 15.4. The molecule has 1 aromatic rings. The zero-order valence-corrected chi connectivity index (χ0v) is 13.1. The predicted octanol–water partition coefficient (Wildman–Crippen LogP) is 4.34. The van der Waals surface area contributed by atoms with Crippen LogP contribution in [0.3, 0.4) is 0 Å². The molecule has 0 aliphatic heterocycles. The van der Waals surface area contributed by atoms with Crippen molar-refractivity contribution in [3.63, 3.8) is 0 Å². The number of nitrogens with one attached hydrogen (secondary N) is 1. The molecule has 7 heteroatoms. The maximum atomic E-state index is 11.5. The highest BCUT2D eigenvalue weighted by Crippen LogP contribution is 2.30. The van der Waals surface area contributed by atoms with Crippen molar-refractivity contribution < 1.29 is 9.53 Å². The van der Waals surface area contributed by atoms with E-state index in [0.29, 0.717) is 14.3 Å². The molecule has 0 aliphatic rings. The second kappa shape index (κ2) is 5.58. The minimum atomic E-state index is -0.560. The Morgan fingerprint density at radius 1 is 1.47 bits per heavy atom. The van der Waals surface area contributed by atoms with Crippen molar-refractivity contribution in [3.05, 3.63) is 19.9 Å². The molecule has 0 unspecified atom stereocenters. The number of rotatable bonds is 1. The molecule has 0 fully saturated rings. The number of amides is 1. The van der Waals surface area contributed by atoms with E-state index in [2.05, 4.69) is 10.3 Å². The fourth-order valence-corrected chi connectivity index (χ4v) is 1.93. The normalized spacial score (nSPS) is 11.2. The Labute approximate surface area is 123 Å². The van der Waals surface area contributed by atoms with Crippen LogP contribution in [0.4, 0.5) is 10.5 Å². The minimum Gasteiger partial charge on any atom is -0.444 e. The van der Waals surface area contributed by atoms with Gasteiger partial charge in [-0.3, -0.25) is 5.32 Å². The van der Waals surface area contributed by atoms with Crippen molar-refractivity contribution in [1.82, 2.24) is 4.98 Å². The molecule has 17 heavy (non-hydrogen) atoms. The van der Waals surface area contributed by atoms with Crippen LogP contribution in [0.5, 0.6) is 0 Å². The van der Waals surface area contributed by atoms with E-state index in [9.17, 15) is 4.79 Å². The van der Waals surface area contributed by atoms with E-state index in [4.69, 9.17) is 27.9 Å². The molecule has 1 aromatic heterocycles. The first-order valence-corrected chi connectivity index (χ1v) is 6.53. The lowest BCUT2D eigenvalue weighted by Crippen LogP contribution is -2.27. The lowest BCUT2D eigenvalue weighted by molar-refractivity contribution is 0.0636. The molecule has 0 bridgehead atoms. The minimum absolute atomic E-state index is 0.200. The second-order valence-corrected chi connectivity index (χ2v) is 6.03. The first kappa shape index (κ1) is 14.8. The molecule has 1 amide bonds. The molecule has 0 saturated heterocycles. The largest absolute Gasteiger partial charge is 0.444 e. The number of hydrogen-bond donors (Lipinski definition) is 1. The molecule has 1 rings (SSSR count). The number of anilines is 1. The molecule has 0 aliphatic carbocycles. The summed E-state index contributed by atoms with van der Waals surface area (Å²) in [5.41, 5.74) is -0.0895. The summed E-state index contributed by atoms with van der Waals surface area (Å²) in [6, 6.07) is 0. The van der Waals surface area contributed by atoms with Gasteiger partial charge in [-0.25, -0.2) is 9.78 Å². The van der Waals surface area contributed by atoms with Crippen LogP contribution in [0.2, 0.25) is 10.2 Å². The maximum absolute atomic E-state index is 11.5. The number of halogens is 3. The van der Waals surface area contributed by atoms with Crippen LogP contribution < -0.4 is 5.32 Å². The van der Waals surface area contributed by atoms with E-state index < -0.39 is 11.7 Å². The Morgan fingerprint density at radius 2 is 2.06 bits per heavy atom. The van der Waals surface area contributed by atoms with Gasteiger partial charge in [0.2, 0.25) is 0 Å². The number of carbonyl (C=O) groups excluding carboxylic acids is 1. The standard InChI is InChI=1S/C10H11Cl2IN2O2/c1-10(2,3)17-9(16)15-5-4-14-8(12)6(11)7(5)13/h4H,1-3H3,(H,15,16). The third kappa shape index (κ3) is 4.48. The average Bonchev–Trinajstić information content (AvgIpc) is 2.16. The van der Waals surface area contributed by atoms with Crippen LogP contribution in [-0.4, -0.2) is 16.7 Å². The SMILES string of the molecule is CC(C)(C)OC(=O)Nc1cnc(Cl)c(Cl)c1I. The van der Waals surface area contributed by atoms with Crippen LogP contribution in [0.1, 0.15) is 20.8 Å². The van der Waals surface area contributed by atoms with Gasteiger partial charge in [-0.2, -0.15) is 0 Å². The average molecular weight is 389 g/mol. The maximum Gasteiger partial charge on any atom is 0.412 e. The van der Waals surface area contributed by atoms with Gasteiger partial charge in [0.25, 0.3) is 0 Å². The summed E-state index contributed by atoms with van der Waals surface area (Å²) in [7, 11) is 0. The smallest absolute Gasteiger partial charge is 0.412 e. The Hall–Kier alpha value is -0.270. The molecular weight excluding hydrogens is 378 g/mol. The van der Waals surface area contributed by atoms with Gasteiger partial charge in [0.05, 0.1) is 20.5 Å². The van der Waals surface area contributed by atoms with Crippen LogP contribution in [-0.2, 0) is 4.74 Å². The number of carbonyl (C=O) groups is 1. The number of hydrogen-bond acceptors (Lipinski definition) is 3. The highest BCUT2D eigenvalue weighted by Gasteiger charge is 2.18. The van der Waals surface area contributed by atoms with E-state index in [-0.39, 0.29) is 5.15 Å². The van der Waals surface area contributed by atoms with Crippen molar-refractivity contribution in [2.75, 3.05) is 5.32 Å². The van der Waals surface area contributed by atoms with Crippen molar-refractivity contribution >= 4 is 57.6 Å². The van der Waals surface area contributed by atoms with Gasteiger partial charge in [-0.15, -0.1) is 0 Å². The lowest BCUT2D eigenvalue weighted by atomic mass is 10.2. The van der Waals surface area contributed by atoms with Crippen LogP contribution in [0, 0.1) is 3.57 Å². The van der Waals surface area contributed by atoms with E-state index in [1.807, 2.05) is 22.6 Å². The summed E-state index contributed by atoms with van der Waals surface area (Å²) in [6.07, 6.45) is 0.871. The highest BCUT2D eigenvalue weighted by molar-refractivity contribution is 14.1. The fraction of sp³-hybridized carbons (Fsp3) is 0.400. The monoisotopic (exact) mass is 388 g/mol. The first-order chi connectivity index (χ1) is 7.70. The first-order valence-electron chi connectivity index (χ1n) is 4.70. The summed E-state index contributed by atoms with van der Waals surface area (Å²) in [5.74, 6) is 0. The van der Waals surface area contributed by atoms with Crippen molar-refractivity contribution in [2.45, 2.75) is 26.4 Å². The predicted molar refractivity (Wildman–Crippen MR) is 76.8 cm³/mol. The number of ether oxygens (including phenoxy) is 1. The highest BCUT2D eigenvalue weighted by atomic mass is 127. The van der Waals surface area contributed by atoms with Crippen LogP contribution in [0.15, 0.2) is 6.20 Å². The van der Waals surface area contributed by atoms with E-state index in [0.717, 1.165) is 0 Å². The summed E-state index contributed by atoms with van der Waals surface area (Å²) in [5, 5.41) is 3.07. The number of aromatic nitrogens is 1. The van der Waals surface area contributed by atoms with E-state index in [1.54, 1.807) is 20.8 Å². The van der Waals surface area contributed by atoms with Crippen LogP contribution in [0.25, 0.3) is 0 Å². The summed E-state index contributed by atoms with van der Waals surface area (Å²) in [6.45, 7) is 5.35. The molecule has 0 aromatic carbocycles. The second-order valence-electron chi connectivity index (χ2n) is 4.22. The van der Waals surface area contributed by atoms with Gasteiger partial charge in [-0.1, -0.05) is 23.2 Å². The van der Waals surface area contributed by atoms with Gasteiger partial charge in [0.1, 0.15) is 10.8 Å². The fourth-order valence-electron chi connectivity index (χ4n) is 0.944. The van der Waals surface area contributed by atoms with Gasteiger partial charge in [0.15, 0.2) is 0 Å². The quantitative estimate of drug-likeness (QED) is 0.575. The molecular formula is C10H11Cl2IN2O2. The Bertz CT molecular complexity index is 447. The molecule has 1 heterocycles. The molecule has 0 radical (unpaired) electrons. The molecule has 1 N–H and O–H groups in total.